The summed E-state index contributed by atoms with van der Waals surface area (Å²) in [6.07, 6.45) is 5.73. The minimum atomic E-state index is -0.301. The molecule has 1 atom stereocenters. The van der Waals surface area contributed by atoms with Crippen molar-refractivity contribution in [2.24, 2.45) is 10.9 Å². The Morgan fingerprint density at radius 3 is 2.58 bits per heavy atom. The third-order valence-electron chi connectivity index (χ3n) is 3.51. The number of aryl methyl sites for hydroxylation is 1. The molecule has 1 heterocycles. The topological polar surface area (TPSA) is 58.4 Å². The first kappa shape index (κ1) is 15.7. The van der Waals surface area contributed by atoms with Crippen LogP contribution in [-0.4, -0.2) is 17.4 Å². The molecule has 108 valence electrons. The molecule has 1 unspecified atom stereocenters. The molecule has 4 nitrogen and oxygen atoms in total. The molecule has 1 N–H and O–H groups in total. The van der Waals surface area contributed by atoms with Crippen LogP contribution in [0.3, 0.4) is 0 Å². The monoisotopic (exact) mass is 266 g/mol. The first-order valence-corrected chi connectivity index (χ1v) is 7.34. The third-order valence-corrected chi connectivity index (χ3v) is 3.51. The molecule has 0 bridgehead atoms. The second kappa shape index (κ2) is 7.97. The predicted octanol–water partition coefficient (Wildman–Crippen LogP) is 3.69. The van der Waals surface area contributed by atoms with Crippen LogP contribution in [-0.2, 0) is 0 Å². The Kier molecular flexibility index (Phi) is 6.60. The Hall–Kier alpha value is -1.32. The highest BCUT2D eigenvalue weighted by Crippen LogP contribution is 2.13. The van der Waals surface area contributed by atoms with Crippen LogP contribution in [0.25, 0.3) is 0 Å². The zero-order valence-electron chi connectivity index (χ0n) is 12.6. The number of aromatic nitrogens is 1. The van der Waals surface area contributed by atoms with Crippen molar-refractivity contribution in [3.63, 3.8) is 0 Å². The summed E-state index contributed by atoms with van der Waals surface area (Å²) >= 11 is 0. The van der Waals surface area contributed by atoms with Gasteiger partial charge in [0.15, 0.2) is 0 Å². The fraction of sp³-hybridized carbons (Fsp3) is 0.733. The third kappa shape index (κ3) is 4.37. The van der Waals surface area contributed by atoms with Gasteiger partial charge in [-0.25, -0.2) is 9.95 Å². The SMILES string of the molecule is CCCCCCN=C(c1c(C)[nH]oc1=O)C(C)CC. The first-order chi connectivity index (χ1) is 9.11. The van der Waals surface area contributed by atoms with Crippen LogP contribution in [0.2, 0.25) is 0 Å². The molecule has 1 aromatic rings. The largest absolute Gasteiger partial charge is 0.366 e. The standard InChI is InChI=1S/C15H26N2O2/c1-5-7-8-9-10-16-14(11(3)6-2)13-12(4)17-19-15(13)18/h11,17H,5-10H2,1-4H3. The first-order valence-electron chi connectivity index (χ1n) is 7.34. The van der Waals surface area contributed by atoms with Crippen molar-refractivity contribution in [2.75, 3.05) is 6.54 Å². The predicted molar refractivity (Wildman–Crippen MR) is 79.1 cm³/mol. The van der Waals surface area contributed by atoms with E-state index in [9.17, 15) is 4.79 Å². The minimum Gasteiger partial charge on any atom is -0.338 e. The fourth-order valence-electron chi connectivity index (χ4n) is 2.09. The summed E-state index contributed by atoms with van der Waals surface area (Å²) < 4.78 is 4.85. The molecule has 0 aliphatic carbocycles. The fourth-order valence-corrected chi connectivity index (χ4v) is 2.09. The number of aliphatic imine (C=N–C) groups is 1. The van der Waals surface area contributed by atoms with Gasteiger partial charge in [-0.3, -0.25) is 4.99 Å². The summed E-state index contributed by atoms with van der Waals surface area (Å²) in [5.41, 5.74) is 2.00. The van der Waals surface area contributed by atoms with Crippen molar-refractivity contribution in [3.05, 3.63) is 21.7 Å². The minimum absolute atomic E-state index is 0.281. The lowest BCUT2D eigenvalue weighted by Gasteiger charge is -2.11. The lowest BCUT2D eigenvalue weighted by atomic mass is 9.96. The Labute approximate surface area is 115 Å². The van der Waals surface area contributed by atoms with Crippen molar-refractivity contribution in [1.82, 2.24) is 5.16 Å². The maximum atomic E-state index is 11.8. The normalized spacial score (nSPS) is 13.8. The molecule has 0 aliphatic rings. The van der Waals surface area contributed by atoms with E-state index < -0.39 is 0 Å². The lowest BCUT2D eigenvalue weighted by Crippen LogP contribution is -2.20. The van der Waals surface area contributed by atoms with E-state index in [1.165, 1.54) is 19.3 Å². The molecule has 0 aliphatic heterocycles. The van der Waals surface area contributed by atoms with Crippen LogP contribution in [0.5, 0.6) is 0 Å². The zero-order chi connectivity index (χ0) is 14.3. The zero-order valence-corrected chi connectivity index (χ0v) is 12.6. The summed E-state index contributed by atoms with van der Waals surface area (Å²) in [6.45, 7) is 9.07. The van der Waals surface area contributed by atoms with E-state index >= 15 is 0 Å². The number of aromatic amines is 1. The van der Waals surface area contributed by atoms with Gasteiger partial charge >= 0.3 is 5.63 Å². The number of nitrogens with zero attached hydrogens (tertiary/aromatic N) is 1. The molecular weight excluding hydrogens is 240 g/mol. The molecule has 1 aromatic heterocycles. The Morgan fingerprint density at radius 2 is 2.05 bits per heavy atom. The summed E-state index contributed by atoms with van der Waals surface area (Å²) in [7, 11) is 0. The van der Waals surface area contributed by atoms with E-state index in [0.717, 1.165) is 30.8 Å². The molecule has 1 rings (SSSR count). The van der Waals surface area contributed by atoms with Crippen molar-refractivity contribution in [1.29, 1.82) is 0 Å². The molecule has 4 heteroatoms. The van der Waals surface area contributed by atoms with E-state index in [1.807, 2.05) is 6.92 Å². The average molecular weight is 266 g/mol. The second-order valence-corrected chi connectivity index (χ2v) is 5.13. The van der Waals surface area contributed by atoms with Gasteiger partial charge in [-0.15, -0.1) is 0 Å². The molecule has 0 saturated carbocycles. The number of hydrogen-bond acceptors (Lipinski definition) is 3. The quantitative estimate of drug-likeness (QED) is 0.576. The van der Waals surface area contributed by atoms with Gasteiger partial charge in [-0.1, -0.05) is 40.0 Å². The number of hydrogen-bond donors (Lipinski definition) is 1. The van der Waals surface area contributed by atoms with Gasteiger partial charge in [0.25, 0.3) is 0 Å². The molecule has 0 radical (unpaired) electrons. The van der Waals surface area contributed by atoms with Crippen LogP contribution in [0.15, 0.2) is 14.3 Å². The summed E-state index contributed by atoms with van der Waals surface area (Å²) in [5.74, 6) is 0.281. The highest BCUT2D eigenvalue weighted by atomic mass is 16.5. The van der Waals surface area contributed by atoms with Crippen molar-refractivity contribution >= 4 is 5.71 Å². The van der Waals surface area contributed by atoms with Gasteiger partial charge in [0.1, 0.15) is 5.56 Å². The van der Waals surface area contributed by atoms with Gasteiger partial charge in [-0.05, 0) is 25.7 Å². The molecule has 19 heavy (non-hydrogen) atoms. The molecule has 0 aromatic carbocycles. The molecule has 0 amide bonds. The number of H-pyrrole nitrogens is 1. The Morgan fingerprint density at radius 1 is 1.32 bits per heavy atom. The van der Waals surface area contributed by atoms with Crippen LogP contribution in [0.4, 0.5) is 0 Å². The van der Waals surface area contributed by atoms with Gasteiger partial charge in [0, 0.05) is 6.54 Å². The van der Waals surface area contributed by atoms with Crippen molar-refractivity contribution in [3.8, 4) is 0 Å². The van der Waals surface area contributed by atoms with Gasteiger partial charge in [0.2, 0.25) is 0 Å². The van der Waals surface area contributed by atoms with Crippen molar-refractivity contribution < 1.29 is 4.52 Å². The molecular formula is C15H26N2O2. The highest BCUT2D eigenvalue weighted by molar-refractivity contribution is 6.02. The maximum Gasteiger partial charge on any atom is 0.366 e. The van der Waals surface area contributed by atoms with Crippen LogP contribution < -0.4 is 5.63 Å². The summed E-state index contributed by atoms with van der Waals surface area (Å²) in [6, 6.07) is 0. The van der Waals surface area contributed by atoms with Gasteiger partial charge in [0.05, 0.1) is 11.4 Å². The highest BCUT2D eigenvalue weighted by Gasteiger charge is 2.19. The van der Waals surface area contributed by atoms with E-state index in [2.05, 4.69) is 30.9 Å². The Bertz CT molecular complexity index is 457. The van der Waals surface area contributed by atoms with Crippen LogP contribution in [0, 0.1) is 12.8 Å². The molecule has 0 fully saturated rings. The van der Waals surface area contributed by atoms with E-state index in [0.29, 0.717) is 5.56 Å². The summed E-state index contributed by atoms with van der Waals surface area (Å²) in [5, 5.41) is 2.64. The van der Waals surface area contributed by atoms with E-state index in [-0.39, 0.29) is 11.5 Å². The van der Waals surface area contributed by atoms with Crippen LogP contribution >= 0.6 is 0 Å². The second-order valence-electron chi connectivity index (χ2n) is 5.13. The lowest BCUT2D eigenvalue weighted by molar-refractivity contribution is 0.387. The number of rotatable bonds is 8. The molecule has 0 saturated heterocycles. The molecule has 0 spiro atoms. The maximum absolute atomic E-state index is 11.8. The summed E-state index contributed by atoms with van der Waals surface area (Å²) in [4.78, 5) is 16.4. The van der Waals surface area contributed by atoms with Crippen LogP contribution in [0.1, 0.15) is 64.1 Å². The number of unbranched alkanes of at least 4 members (excludes halogenated alkanes) is 3. The van der Waals surface area contributed by atoms with Gasteiger partial charge < -0.3 is 4.52 Å². The Balaban J connectivity index is 2.84. The van der Waals surface area contributed by atoms with Crippen molar-refractivity contribution in [2.45, 2.75) is 59.8 Å². The van der Waals surface area contributed by atoms with E-state index in [4.69, 9.17) is 4.52 Å². The number of nitrogens with one attached hydrogen (secondary N) is 1. The smallest absolute Gasteiger partial charge is 0.338 e. The average Bonchev–Trinajstić information content (AvgIpc) is 2.73. The van der Waals surface area contributed by atoms with Gasteiger partial charge in [-0.2, -0.15) is 0 Å². The van der Waals surface area contributed by atoms with E-state index in [1.54, 1.807) is 0 Å².